The minimum Gasteiger partial charge on any atom is -0.379 e. The monoisotopic (exact) mass is 207 g/mol. The van der Waals surface area contributed by atoms with E-state index in [9.17, 15) is 0 Å². The minimum absolute atomic E-state index is 0.397. The Kier molecular flexibility index (Phi) is 3.89. The average molecular weight is 207 g/mol. The fourth-order valence-electron chi connectivity index (χ4n) is 1.76. The second-order valence-electron chi connectivity index (χ2n) is 4.30. The molecular formula is C13H21NO. The van der Waals surface area contributed by atoms with Gasteiger partial charge in [-0.2, -0.15) is 0 Å². The van der Waals surface area contributed by atoms with Crippen LogP contribution in [0.5, 0.6) is 0 Å². The number of hydrogen-bond donors (Lipinski definition) is 1. The second-order valence-corrected chi connectivity index (χ2v) is 4.30. The lowest BCUT2D eigenvalue weighted by atomic mass is 9.88. The van der Waals surface area contributed by atoms with Crippen molar-refractivity contribution in [3.63, 3.8) is 0 Å². The first-order valence-electron chi connectivity index (χ1n) is 5.42. The van der Waals surface area contributed by atoms with Gasteiger partial charge in [0.05, 0.1) is 12.1 Å². The predicted octanol–water partition coefficient (Wildman–Crippen LogP) is 2.51. The maximum absolute atomic E-state index is 6.27. The van der Waals surface area contributed by atoms with Crippen molar-refractivity contribution in [3.8, 4) is 0 Å². The van der Waals surface area contributed by atoms with Crippen LogP contribution in [0.2, 0.25) is 0 Å². The molecule has 0 amide bonds. The molecular weight excluding hydrogens is 186 g/mol. The molecule has 0 bridgehead atoms. The lowest BCUT2D eigenvalue weighted by Gasteiger charge is -2.27. The standard InChI is InChI=1S/C13H21NO/c1-5-15-9-13(4,14)12-8-6-7-10(2)11(12)3/h6-8H,5,9,14H2,1-4H3. The minimum atomic E-state index is -0.397. The SMILES string of the molecule is CCOCC(C)(N)c1cccc(C)c1C. The summed E-state index contributed by atoms with van der Waals surface area (Å²) in [4.78, 5) is 0. The van der Waals surface area contributed by atoms with Crippen molar-refractivity contribution < 1.29 is 4.74 Å². The van der Waals surface area contributed by atoms with Gasteiger partial charge in [-0.15, -0.1) is 0 Å². The Balaban J connectivity index is 2.98. The highest BCUT2D eigenvalue weighted by molar-refractivity contribution is 5.37. The number of aryl methyl sites for hydroxylation is 1. The van der Waals surface area contributed by atoms with E-state index in [2.05, 4.69) is 32.0 Å². The maximum atomic E-state index is 6.27. The van der Waals surface area contributed by atoms with Gasteiger partial charge in [0.15, 0.2) is 0 Å². The van der Waals surface area contributed by atoms with Crippen molar-refractivity contribution in [1.82, 2.24) is 0 Å². The summed E-state index contributed by atoms with van der Waals surface area (Å²) in [7, 11) is 0. The summed E-state index contributed by atoms with van der Waals surface area (Å²) in [6.07, 6.45) is 0. The summed E-state index contributed by atoms with van der Waals surface area (Å²) in [6, 6.07) is 6.24. The van der Waals surface area contributed by atoms with Crippen LogP contribution in [0.15, 0.2) is 18.2 Å². The molecule has 2 nitrogen and oxygen atoms in total. The van der Waals surface area contributed by atoms with Gasteiger partial charge in [0.25, 0.3) is 0 Å². The molecule has 0 heterocycles. The molecule has 0 aliphatic heterocycles. The van der Waals surface area contributed by atoms with E-state index in [0.717, 1.165) is 0 Å². The van der Waals surface area contributed by atoms with Gasteiger partial charge < -0.3 is 10.5 Å². The van der Waals surface area contributed by atoms with E-state index >= 15 is 0 Å². The van der Waals surface area contributed by atoms with Crippen LogP contribution in [0, 0.1) is 13.8 Å². The molecule has 15 heavy (non-hydrogen) atoms. The van der Waals surface area contributed by atoms with Crippen LogP contribution < -0.4 is 5.73 Å². The molecule has 0 aromatic heterocycles. The predicted molar refractivity (Wildman–Crippen MR) is 63.9 cm³/mol. The van der Waals surface area contributed by atoms with Gasteiger partial charge in [0.1, 0.15) is 0 Å². The summed E-state index contributed by atoms with van der Waals surface area (Å²) >= 11 is 0. The maximum Gasteiger partial charge on any atom is 0.0685 e. The molecule has 0 aliphatic carbocycles. The van der Waals surface area contributed by atoms with E-state index in [4.69, 9.17) is 10.5 Å². The molecule has 0 saturated heterocycles. The first-order chi connectivity index (χ1) is 6.99. The third-order valence-corrected chi connectivity index (χ3v) is 2.83. The average Bonchev–Trinajstić information content (AvgIpc) is 2.19. The molecule has 0 radical (unpaired) electrons. The second kappa shape index (κ2) is 4.77. The van der Waals surface area contributed by atoms with Gasteiger partial charge in [0, 0.05) is 6.61 Å². The first kappa shape index (κ1) is 12.2. The Bertz CT molecular complexity index is 331. The number of benzene rings is 1. The molecule has 2 heteroatoms. The van der Waals surface area contributed by atoms with Crippen molar-refractivity contribution in [3.05, 3.63) is 34.9 Å². The van der Waals surface area contributed by atoms with Gasteiger partial charge in [-0.25, -0.2) is 0 Å². The van der Waals surface area contributed by atoms with Gasteiger partial charge in [-0.05, 0) is 44.4 Å². The zero-order chi connectivity index (χ0) is 11.5. The summed E-state index contributed by atoms with van der Waals surface area (Å²) < 4.78 is 5.42. The van der Waals surface area contributed by atoms with Crippen molar-refractivity contribution in [2.75, 3.05) is 13.2 Å². The Morgan fingerprint density at radius 1 is 1.33 bits per heavy atom. The van der Waals surface area contributed by atoms with Crippen LogP contribution in [0.4, 0.5) is 0 Å². The third-order valence-electron chi connectivity index (χ3n) is 2.83. The van der Waals surface area contributed by atoms with E-state index in [0.29, 0.717) is 13.2 Å². The molecule has 0 saturated carbocycles. The number of ether oxygens (including phenoxy) is 1. The quantitative estimate of drug-likeness (QED) is 0.823. The summed E-state index contributed by atoms with van der Waals surface area (Å²) in [6.45, 7) is 9.49. The first-order valence-corrected chi connectivity index (χ1v) is 5.42. The molecule has 1 aromatic rings. The van der Waals surface area contributed by atoms with Crippen LogP contribution in [0.3, 0.4) is 0 Å². The molecule has 1 aromatic carbocycles. The van der Waals surface area contributed by atoms with Crippen molar-refractivity contribution in [1.29, 1.82) is 0 Å². The van der Waals surface area contributed by atoms with E-state index in [1.165, 1.54) is 16.7 Å². The van der Waals surface area contributed by atoms with Gasteiger partial charge in [-0.1, -0.05) is 18.2 Å². The Morgan fingerprint density at radius 3 is 2.60 bits per heavy atom. The smallest absolute Gasteiger partial charge is 0.0685 e. The normalized spacial score (nSPS) is 15.0. The highest BCUT2D eigenvalue weighted by Gasteiger charge is 2.23. The van der Waals surface area contributed by atoms with Crippen LogP contribution in [0.25, 0.3) is 0 Å². The van der Waals surface area contributed by atoms with Crippen molar-refractivity contribution >= 4 is 0 Å². The van der Waals surface area contributed by atoms with E-state index < -0.39 is 5.54 Å². The number of hydrogen-bond acceptors (Lipinski definition) is 2. The topological polar surface area (TPSA) is 35.2 Å². The van der Waals surface area contributed by atoms with E-state index in [-0.39, 0.29) is 0 Å². The van der Waals surface area contributed by atoms with Crippen molar-refractivity contribution in [2.24, 2.45) is 5.73 Å². The summed E-state index contributed by atoms with van der Waals surface area (Å²) in [5.41, 5.74) is 9.59. The Morgan fingerprint density at radius 2 is 2.00 bits per heavy atom. The number of rotatable bonds is 4. The Hall–Kier alpha value is -0.860. The van der Waals surface area contributed by atoms with E-state index in [1.807, 2.05) is 13.8 Å². The lowest BCUT2D eigenvalue weighted by molar-refractivity contribution is 0.101. The molecule has 2 N–H and O–H groups in total. The fraction of sp³-hybridized carbons (Fsp3) is 0.538. The summed E-state index contributed by atoms with van der Waals surface area (Å²) in [5, 5.41) is 0. The molecule has 0 spiro atoms. The molecule has 1 atom stereocenters. The van der Waals surface area contributed by atoms with E-state index in [1.54, 1.807) is 0 Å². The van der Waals surface area contributed by atoms with Gasteiger partial charge in [0.2, 0.25) is 0 Å². The van der Waals surface area contributed by atoms with Gasteiger partial charge >= 0.3 is 0 Å². The third kappa shape index (κ3) is 2.80. The molecule has 0 aliphatic rings. The van der Waals surface area contributed by atoms with Gasteiger partial charge in [-0.3, -0.25) is 0 Å². The van der Waals surface area contributed by atoms with Crippen molar-refractivity contribution in [2.45, 2.75) is 33.2 Å². The zero-order valence-corrected chi connectivity index (χ0v) is 10.1. The summed E-state index contributed by atoms with van der Waals surface area (Å²) in [5.74, 6) is 0. The molecule has 0 fully saturated rings. The van der Waals surface area contributed by atoms with Crippen LogP contribution in [0.1, 0.15) is 30.5 Å². The highest BCUT2D eigenvalue weighted by Crippen LogP contribution is 2.23. The molecule has 84 valence electrons. The Labute approximate surface area is 92.4 Å². The number of nitrogens with two attached hydrogens (primary N) is 1. The lowest BCUT2D eigenvalue weighted by Crippen LogP contribution is -2.39. The van der Waals surface area contributed by atoms with Crippen LogP contribution >= 0.6 is 0 Å². The largest absolute Gasteiger partial charge is 0.379 e. The van der Waals surface area contributed by atoms with Crippen LogP contribution in [-0.4, -0.2) is 13.2 Å². The molecule has 1 rings (SSSR count). The fourth-order valence-corrected chi connectivity index (χ4v) is 1.76. The highest BCUT2D eigenvalue weighted by atomic mass is 16.5. The molecule has 1 unspecified atom stereocenters. The zero-order valence-electron chi connectivity index (χ0n) is 10.1. The van der Waals surface area contributed by atoms with Crippen LogP contribution in [-0.2, 0) is 10.3 Å².